The number of nitrogens with one attached hydrogen (secondary N) is 1. The van der Waals surface area contributed by atoms with Gasteiger partial charge in [-0.1, -0.05) is 35.3 Å². The Balaban J connectivity index is 2.71. The molecule has 17 heavy (non-hydrogen) atoms. The van der Waals surface area contributed by atoms with E-state index in [0.29, 0.717) is 35.3 Å². The molecule has 0 saturated heterocycles. The predicted octanol–water partition coefficient (Wildman–Crippen LogP) is 2.44. The predicted molar refractivity (Wildman–Crippen MR) is 70.8 cm³/mol. The zero-order valence-electron chi connectivity index (χ0n) is 9.96. The Labute approximate surface area is 112 Å². The first-order valence-electron chi connectivity index (χ1n) is 5.35. The smallest absolute Gasteiger partial charge is 0.101 e. The Morgan fingerprint density at radius 2 is 2.12 bits per heavy atom. The summed E-state index contributed by atoms with van der Waals surface area (Å²) in [6, 6.07) is 5.24. The molecule has 1 rings (SSSR count). The van der Waals surface area contributed by atoms with Gasteiger partial charge in [-0.15, -0.1) is 0 Å². The third kappa shape index (κ3) is 4.12. The van der Waals surface area contributed by atoms with Gasteiger partial charge >= 0.3 is 0 Å². The zero-order valence-corrected chi connectivity index (χ0v) is 11.5. The minimum absolute atomic E-state index is 0.385. The highest BCUT2D eigenvalue weighted by Crippen LogP contribution is 2.32. The molecule has 1 aromatic rings. The van der Waals surface area contributed by atoms with Crippen molar-refractivity contribution in [1.29, 1.82) is 0 Å². The molecule has 0 heterocycles. The van der Waals surface area contributed by atoms with Gasteiger partial charge in [0.15, 0.2) is 0 Å². The van der Waals surface area contributed by atoms with Gasteiger partial charge in [0.1, 0.15) is 5.60 Å². The van der Waals surface area contributed by atoms with E-state index in [4.69, 9.17) is 27.9 Å². The number of benzene rings is 1. The Hall–Kier alpha value is -0.320. The molecule has 5 heteroatoms. The monoisotopic (exact) mass is 277 g/mol. The minimum atomic E-state index is -1.06. The van der Waals surface area contributed by atoms with Gasteiger partial charge in [0.25, 0.3) is 0 Å². The second-order valence-corrected chi connectivity index (χ2v) is 4.83. The van der Waals surface area contributed by atoms with Gasteiger partial charge in [0.05, 0.1) is 16.7 Å². The molecular formula is C12H17Cl2NO2. The molecule has 0 radical (unpaired) electrons. The lowest BCUT2D eigenvalue weighted by molar-refractivity contribution is 0.0551. The summed E-state index contributed by atoms with van der Waals surface area (Å²) in [7, 11) is 1.63. The van der Waals surface area contributed by atoms with Crippen molar-refractivity contribution >= 4 is 23.2 Å². The molecule has 1 atom stereocenters. The number of methoxy groups -OCH3 is 1. The van der Waals surface area contributed by atoms with Crippen LogP contribution in [-0.2, 0) is 10.3 Å². The first-order chi connectivity index (χ1) is 7.99. The van der Waals surface area contributed by atoms with E-state index in [0.717, 1.165) is 0 Å². The summed E-state index contributed by atoms with van der Waals surface area (Å²) < 4.78 is 4.91. The second kappa shape index (κ2) is 6.57. The van der Waals surface area contributed by atoms with E-state index in [1.807, 2.05) is 0 Å². The van der Waals surface area contributed by atoms with Gasteiger partial charge in [-0.2, -0.15) is 0 Å². The quantitative estimate of drug-likeness (QED) is 0.785. The van der Waals surface area contributed by atoms with Crippen LogP contribution in [0.1, 0.15) is 12.5 Å². The van der Waals surface area contributed by atoms with Crippen LogP contribution in [0.25, 0.3) is 0 Å². The fraction of sp³-hybridized carbons (Fsp3) is 0.500. The molecule has 0 fully saturated rings. The summed E-state index contributed by atoms with van der Waals surface area (Å²) in [6.07, 6.45) is 0. The minimum Gasteiger partial charge on any atom is -0.384 e. The fourth-order valence-corrected chi connectivity index (χ4v) is 2.03. The van der Waals surface area contributed by atoms with Gasteiger partial charge in [0.2, 0.25) is 0 Å². The van der Waals surface area contributed by atoms with Gasteiger partial charge in [0, 0.05) is 25.8 Å². The lowest BCUT2D eigenvalue weighted by atomic mass is 9.96. The summed E-state index contributed by atoms with van der Waals surface area (Å²) in [5.41, 5.74) is -0.438. The number of ether oxygens (including phenoxy) is 1. The molecule has 96 valence electrons. The molecule has 0 spiro atoms. The van der Waals surface area contributed by atoms with Crippen LogP contribution in [0, 0.1) is 0 Å². The van der Waals surface area contributed by atoms with Crippen LogP contribution in [-0.4, -0.2) is 31.9 Å². The Morgan fingerprint density at radius 3 is 2.76 bits per heavy atom. The second-order valence-electron chi connectivity index (χ2n) is 4.04. The van der Waals surface area contributed by atoms with Gasteiger partial charge in [-0.05, 0) is 13.0 Å². The molecule has 3 nitrogen and oxygen atoms in total. The molecule has 0 saturated carbocycles. The van der Waals surface area contributed by atoms with Gasteiger partial charge in [-0.3, -0.25) is 0 Å². The number of halogens is 2. The number of aliphatic hydroxyl groups is 1. The summed E-state index contributed by atoms with van der Waals surface area (Å²) >= 11 is 12.0. The summed E-state index contributed by atoms with van der Waals surface area (Å²) in [6.45, 7) is 3.35. The summed E-state index contributed by atoms with van der Waals surface area (Å²) in [4.78, 5) is 0. The van der Waals surface area contributed by atoms with Crippen LogP contribution in [0.4, 0.5) is 0 Å². The van der Waals surface area contributed by atoms with Gasteiger partial charge in [-0.25, -0.2) is 0 Å². The Bertz CT molecular complexity index is 370. The highest BCUT2D eigenvalue weighted by molar-refractivity contribution is 6.42. The Morgan fingerprint density at radius 1 is 1.41 bits per heavy atom. The van der Waals surface area contributed by atoms with Crippen LogP contribution >= 0.6 is 23.2 Å². The van der Waals surface area contributed by atoms with E-state index in [2.05, 4.69) is 5.32 Å². The lowest BCUT2D eigenvalue weighted by Gasteiger charge is -2.25. The van der Waals surface area contributed by atoms with E-state index in [1.54, 1.807) is 32.2 Å². The zero-order chi connectivity index (χ0) is 12.9. The van der Waals surface area contributed by atoms with E-state index in [1.165, 1.54) is 0 Å². The van der Waals surface area contributed by atoms with E-state index < -0.39 is 5.60 Å². The average Bonchev–Trinajstić information content (AvgIpc) is 2.28. The van der Waals surface area contributed by atoms with Gasteiger partial charge < -0.3 is 15.2 Å². The van der Waals surface area contributed by atoms with E-state index >= 15 is 0 Å². The highest BCUT2D eigenvalue weighted by atomic mass is 35.5. The maximum absolute atomic E-state index is 10.3. The molecule has 1 unspecified atom stereocenters. The summed E-state index contributed by atoms with van der Waals surface area (Å²) in [5.74, 6) is 0. The van der Waals surface area contributed by atoms with Crippen molar-refractivity contribution in [3.8, 4) is 0 Å². The van der Waals surface area contributed by atoms with Crippen LogP contribution < -0.4 is 5.32 Å². The van der Waals surface area contributed by atoms with Crippen molar-refractivity contribution in [3.63, 3.8) is 0 Å². The molecular weight excluding hydrogens is 261 g/mol. The number of hydrogen-bond donors (Lipinski definition) is 2. The molecule has 0 amide bonds. The van der Waals surface area contributed by atoms with Crippen molar-refractivity contribution in [2.45, 2.75) is 12.5 Å². The van der Waals surface area contributed by atoms with Crippen LogP contribution in [0.15, 0.2) is 18.2 Å². The van der Waals surface area contributed by atoms with Crippen molar-refractivity contribution in [2.75, 3.05) is 26.8 Å². The van der Waals surface area contributed by atoms with Crippen molar-refractivity contribution in [3.05, 3.63) is 33.8 Å². The molecule has 1 aromatic carbocycles. The topological polar surface area (TPSA) is 41.5 Å². The van der Waals surface area contributed by atoms with Crippen molar-refractivity contribution in [1.82, 2.24) is 5.32 Å². The van der Waals surface area contributed by atoms with E-state index in [9.17, 15) is 5.11 Å². The third-order valence-corrected chi connectivity index (χ3v) is 3.30. The SMILES string of the molecule is COCCNCC(C)(O)c1cccc(Cl)c1Cl. The normalized spacial score (nSPS) is 14.6. The van der Waals surface area contributed by atoms with Crippen LogP contribution in [0.3, 0.4) is 0 Å². The van der Waals surface area contributed by atoms with E-state index in [-0.39, 0.29) is 0 Å². The van der Waals surface area contributed by atoms with Crippen LogP contribution in [0.2, 0.25) is 10.0 Å². The lowest BCUT2D eigenvalue weighted by Crippen LogP contribution is -2.37. The Kier molecular flexibility index (Phi) is 5.70. The molecule has 0 aliphatic heterocycles. The first-order valence-corrected chi connectivity index (χ1v) is 6.11. The molecule has 0 bridgehead atoms. The summed E-state index contributed by atoms with van der Waals surface area (Å²) in [5, 5.41) is 14.3. The number of rotatable bonds is 6. The maximum atomic E-state index is 10.3. The molecule has 0 aromatic heterocycles. The largest absolute Gasteiger partial charge is 0.384 e. The number of hydrogen-bond acceptors (Lipinski definition) is 3. The van der Waals surface area contributed by atoms with Crippen molar-refractivity contribution in [2.24, 2.45) is 0 Å². The molecule has 0 aliphatic carbocycles. The van der Waals surface area contributed by atoms with Crippen molar-refractivity contribution < 1.29 is 9.84 Å². The maximum Gasteiger partial charge on any atom is 0.101 e. The molecule has 2 N–H and O–H groups in total. The average molecular weight is 278 g/mol. The fourth-order valence-electron chi connectivity index (χ4n) is 1.52. The third-order valence-electron chi connectivity index (χ3n) is 2.48. The molecule has 0 aliphatic rings. The van der Waals surface area contributed by atoms with Crippen LogP contribution in [0.5, 0.6) is 0 Å². The first kappa shape index (κ1) is 14.7. The highest BCUT2D eigenvalue weighted by Gasteiger charge is 2.26. The standard InChI is InChI=1S/C12H17Cl2NO2/c1-12(16,8-15-6-7-17-2)9-4-3-5-10(13)11(9)14/h3-5,15-16H,6-8H2,1-2H3.